The van der Waals surface area contributed by atoms with E-state index in [1.54, 1.807) is 7.11 Å². The molecule has 0 aromatic rings. The van der Waals surface area contributed by atoms with Crippen LogP contribution in [0.4, 0.5) is 4.79 Å². The van der Waals surface area contributed by atoms with Gasteiger partial charge in [0, 0.05) is 19.1 Å². The van der Waals surface area contributed by atoms with Gasteiger partial charge in [-0.1, -0.05) is 0 Å². The summed E-state index contributed by atoms with van der Waals surface area (Å²) >= 11 is 0. The van der Waals surface area contributed by atoms with Crippen molar-refractivity contribution in [1.82, 2.24) is 5.32 Å². The third kappa shape index (κ3) is 3.54. The molecule has 0 spiro atoms. The number of nitrogens with one attached hydrogen (secondary N) is 1. The summed E-state index contributed by atoms with van der Waals surface area (Å²) in [4.78, 5) is 10.9. The Kier molecular flexibility index (Phi) is 4.73. The normalized spacial score (nSPS) is 19.3. The highest BCUT2D eigenvalue weighted by Crippen LogP contribution is 2.25. The summed E-state index contributed by atoms with van der Waals surface area (Å²) in [6, 6.07) is 0.267. The second kappa shape index (κ2) is 5.86. The number of methoxy groups -OCH3 is 2. The monoisotopic (exact) mass is 200 g/mol. The van der Waals surface area contributed by atoms with Gasteiger partial charge in [-0.3, -0.25) is 0 Å². The number of hydrogen-bond acceptors (Lipinski definition) is 3. The van der Waals surface area contributed by atoms with Crippen LogP contribution >= 0.6 is 0 Å². The lowest BCUT2D eigenvalue weighted by Crippen LogP contribution is -2.37. The Morgan fingerprint density at radius 1 is 1.43 bits per heavy atom. The quantitative estimate of drug-likeness (QED) is 0.751. The molecule has 0 aromatic heterocycles. The second-order valence-electron chi connectivity index (χ2n) is 3.59. The molecule has 81 valence electrons. The Balaban J connectivity index is 2.18. The van der Waals surface area contributed by atoms with Crippen molar-refractivity contribution in [3.8, 4) is 0 Å². The second-order valence-corrected chi connectivity index (χ2v) is 3.59. The maximum Gasteiger partial charge on any atom is 0.407 e. The molecule has 1 amide bonds. The van der Waals surface area contributed by atoms with E-state index in [2.05, 4.69) is 10.1 Å². The molecule has 4 nitrogen and oxygen atoms in total. The van der Waals surface area contributed by atoms with Gasteiger partial charge in [0.25, 0.3) is 0 Å². The van der Waals surface area contributed by atoms with Gasteiger partial charge in [-0.05, 0) is 25.7 Å². The zero-order valence-corrected chi connectivity index (χ0v) is 8.84. The number of amides is 1. The Morgan fingerprint density at radius 2 is 2.07 bits per heavy atom. The van der Waals surface area contributed by atoms with Crippen molar-refractivity contribution in [2.45, 2.75) is 31.7 Å². The molecule has 14 heavy (non-hydrogen) atoms. The van der Waals surface area contributed by atoms with Crippen LogP contribution in [0.25, 0.3) is 0 Å². The van der Waals surface area contributed by atoms with E-state index in [9.17, 15) is 4.79 Å². The Labute approximate surface area is 85.0 Å². The first-order valence-electron chi connectivity index (χ1n) is 4.93. The van der Waals surface area contributed by atoms with Crippen molar-refractivity contribution in [1.29, 1.82) is 0 Å². The maximum atomic E-state index is 10.9. The average molecular weight is 200 g/mol. The molecule has 0 aliphatic heterocycles. The van der Waals surface area contributed by atoms with Gasteiger partial charge in [0.2, 0.25) is 0 Å². The van der Waals surface area contributed by atoms with E-state index in [-0.39, 0.29) is 12.1 Å². The summed E-state index contributed by atoms with van der Waals surface area (Å²) in [6.45, 7) is 0.755. The van der Waals surface area contributed by atoms with Crippen molar-refractivity contribution in [2.75, 3.05) is 20.8 Å². The summed E-state index contributed by atoms with van der Waals surface area (Å²) in [7, 11) is 3.10. The average Bonchev–Trinajstić information content (AvgIpc) is 2.21. The van der Waals surface area contributed by atoms with Gasteiger partial charge in [0.1, 0.15) is 0 Å². The molecule has 0 atom stereocenters. The Hall–Kier alpha value is -0.770. The zero-order chi connectivity index (χ0) is 10.4. The molecular weight excluding hydrogens is 182 g/mol. The third-order valence-corrected chi connectivity index (χ3v) is 2.55. The van der Waals surface area contributed by atoms with Crippen LogP contribution in [0, 0.1) is 5.92 Å². The van der Waals surface area contributed by atoms with Crippen molar-refractivity contribution in [3.63, 3.8) is 0 Å². The summed E-state index contributed by atoms with van der Waals surface area (Å²) in [5.41, 5.74) is 0. The number of hydrogen-bond donors (Lipinski definition) is 1. The fourth-order valence-electron chi connectivity index (χ4n) is 1.74. The van der Waals surface area contributed by atoms with E-state index in [0.717, 1.165) is 32.3 Å². The summed E-state index contributed by atoms with van der Waals surface area (Å²) in [6.07, 6.45) is 3.75. The largest absolute Gasteiger partial charge is 0.453 e. The molecule has 0 aromatic carbocycles. The highest BCUT2D eigenvalue weighted by molar-refractivity contribution is 5.67. The SMILES string of the molecule is COC[C]1CCC(NC(=O)OC)CC1. The number of carbonyl (C=O) groups is 1. The molecule has 0 bridgehead atoms. The molecule has 0 saturated heterocycles. The van der Waals surface area contributed by atoms with Gasteiger partial charge < -0.3 is 14.8 Å². The molecule has 1 aliphatic carbocycles. The van der Waals surface area contributed by atoms with Crippen molar-refractivity contribution >= 4 is 6.09 Å². The van der Waals surface area contributed by atoms with Crippen LogP contribution in [0.15, 0.2) is 0 Å². The highest BCUT2D eigenvalue weighted by atomic mass is 16.5. The predicted octanol–water partition coefficient (Wildman–Crippen LogP) is 1.51. The molecule has 0 heterocycles. The number of alkyl carbamates (subject to hydrolysis) is 1. The first-order valence-corrected chi connectivity index (χ1v) is 4.93. The lowest BCUT2D eigenvalue weighted by molar-refractivity contribution is 0.160. The van der Waals surface area contributed by atoms with Gasteiger partial charge in [0.05, 0.1) is 13.7 Å². The van der Waals surface area contributed by atoms with Crippen LogP contribution in [0.3, 0.4) is 0 Å². The molecule has 4 heteroatoms. The van der Waals surface area contributed by atoms with Gasteiger partial charge in [0.15, 0.2) is 0 Å². The lowest BCUT2D eigenvalue weighted by atomic mass is 9.86. The van der Waals surface area contributed by atoms with Gasteiger partial charge >= 0.3 is 6.09 Å². The van der Waals surface area contributed by atoms with Crippen molar-refractivity contribution < 1.29 is 14.3 Å². The van der Waals surface area contributed by atoms with E-state index < -0.39 is 0 Å². The fourth-order valence-corrected chi connectivity index (χ4v) is 1.74. The number of ether oxygens (including phenoxy) is 2. The first-order chi connectivity index (χ1) is 6.76. The van der Waals surface area contributed by atoms with E-state index in [4.69, 9.17) is 4.74 Å². The lowest BCUT2D eigenvalue weighted by Gasteiger charge is -2.27. The van der Waals surface area contributed by atoms with E-state index in [1.165, 1.54) is 13.0 Å². The molecule has 1 rings (SSSR count). The highest BCUT2D eigenvalue weighted by Gasteiger charge is 2.22. The third-order valence-electron chi connectivity index (χ3n) is 2.55. The summed E-state index contributed by atoms with van der Waals surface area (Å²) in [5, 5.41) is 2.82. The van der Waals surface area contributed by atoms with Crippen LogP contribution in [0.2, 0.25) is 0 Å². The molecular formula is C10H18NO3. The van der Waals surface area contributed by atoms with Gasteiger partial charge in [-0.2, -0.15) is 0 Å². The van der Waals surface area contributed by atoms with E-state index in [0.29, 0.717) is 0 Å². The predicted molar refractivity (Wildman–Crippen MR) is 52.9 cm³/mol. The van der Waals surface area contributed by atoms with Gasteiger partial charge in [-0.25, -0.2) is 4.79 Å². The van der Waals surface area contributed by atoms with Crippen LogP contribution in [-0.4, -0.2) is 33.0 Å². The first kappa shape index (κ1) is 11.3. The molecule has 1 aliphatic rings. The summed E-state index contributed by atoms with van der Waals surface area (Å²) in [5.74, 6) is 1.44. The summed E-state index contributed by atoms with van der Waals surface area (Å²) < 4.78 is 9.62. The Morgan fingerprint density at radius 3 is 2.57 bits per heavy atom. The van der Waals surface area contributed by atoms with E-state index in [1.807, 2.05) is 0 Å². The van der Waals surface area contributed by atoms with Crippen LogP contribution in [0.1, 0.15) is 25.7 Å². The molecule has 0 unspecified atom stereocenters. The van der Waals surface area contributed by atoms with Crippen LogP contribution < -0.4 is 5.32 Å². The van der Waals surface area contributed by atoms with Crippen molar-refractivity contribution in [2.24, 2.45) is 0 Å². The maximum absolute atomic E-state index is 10.9. The Bertz CT molecular complexity index is 176. The van der Waals surface area contributed by atoms with Crippen LogP contribution in [0.5, 0.6) is 0 Å². The minimum atomic E-state index is -0.329. The van der Waals surface area contributed by atoms with Gasteiger partial charge in [-0.15, -0.1) is 0 Å². The molecule has 1 saturated carbocycles. The smallest absolute Gasteiger partial charge is 0.407 e. The minimum absolute atomic E-state index is 0.267. The number of carbonyl (C=O) groups excluding carboxylic acids is 1. The molecule has 1 fully saturated rings. The van der Waals surface area contributed by atoms with Crippen LogP contribution in [-0.2, 0) is 9.47 Å². The minimum Gasteiger partial charge on any atom is -0.453 e. The molecule has 1 N–H and O–H groups in total. The number of rotatable bonds is 3. The van der Waals surface area contributed by atoms with E-state index >= 15 is 0 Å². The topological polar surface area (TPSA) is 47.6 Å². The van der Waals surface area contributed by atoms with Crippen molar-refractivity contribution in [3.05, 3.63) is 5.92 Å². The standard InChI is InChI=1S/C10H18NO3/c1-13-7-8-3-5-9(6-4-8)11-10(12)14-2/h9H,3-7H2,1-2H3,(H,11,12). The zero-order valence-electron chi connectivity index (χ0n) is 8.84. The fraction of sp³-hybridized carbons (Fsp3) is 0.800. The molecule has 1 radical (unpaired) electrons.